The van der Waals surface area contributed by atoms with Crippen molar-refractivity contribution in [2.45, 2.75) is 19.9 Å². The van der Waals surface area contributed by atoms with E-state index in [2.05, 4.69) is 30.9 Å². The molecule has 11 nitrogen and oxygen atoms in total. The van der Waals surface area contributed by atoms with Crippen LogP contribution in [0.15, 0.2) is 47.5 Å². The van der Waals surface area contributed by atoms with E-state index < -0.39 is 23.4 Å². The quantitative estimate of drug-likeness (QED) is 0.298. The third kappa shape index (κ3) is 4.98. The third-order valence-electron chi connectivity index (χ3n) is 5.40. The van der Waals surface area contributed by atoms with Crippen LogP contribution in [0.25, 0.3) is 16.6 Å². The number of urea groups is 1. The molecule has 0 saturated carbocycles. The Morgan fingerprint density at radius 3 is 2.81 bits per heavy atom. The highest BCUT2D eigenvalue weighted by molar-refractivity contribution is 6.35. The molecular weight excluding hydrogens is 501 g/mol. The number of carbonyl (C=O) groups excluding carboxylic acids is 1. The second kappa shape index (κ2) is 10.5. The van der Waals surface area contributed by atoms with Gasteiger partial charge in [-0.05, 0) is 44.2 Å². The number of carbonyl (C=O) groups is 1. The van der Waals surface area contributed by atoms with Gasteiger partial charge in [0.2, 0.25) is 0 Å². The number of nitriles is 1. The van der Waals surface area contributed by atoms with E-state index in [9.17, 15) is 19.2 Å². The molecule has 2 amide bonds. The summed E-state index contributed by atoms with van der Waals surface area (Å²) in [5.41, 5.74) is 5.73. The number of rotatable bonds is 6. The highest BCUT2D eigenvalue weighted by Crippen LogP contribution is 2.27. The molecule has 0 aliphatic rings. The predicted molar refractivity (Wildman–Crippen MR) is 138 cm³/mol. The van der Waals surface area contributed by atoms with Crippen LogP contribution in [0.1, 0.15) is 31.3 Å². The predicted octanol–water partition coefficient (Wildman–Crippen LogP) is 3.74. The van der Waals surface area contributed by atoms with Crippen LogP contribution in [-0.4, -0.2) is 32.1 Å². The van der Waals surface area contributed by atoms with Crippen molar-refractivity contribution in [1.29, 1.82) is 5.26 Å². The monoisotopic (exact) mass is 521 g/mol. The Hall–Kier alpha value is -4.76. The molecule has 1 unspecified atom stereocenters. The van der Waals surface area contributed by atoms with Crippen LogP contribution in [0.2, 0.25) is 5.02 Å². The molecule has 1 atom stereocenters. The highest BCUT2D eigenvalue weighted by Gasteiger charge is 2.22. The number of nitrogens with zero attached hydrogens (tertiary/aromatic N) is 5. The number of anilines is 3. The lowest BCUT2D eigenvalue weighted by Gasteiger charge is -2.21. The van der Waals surface area contributed by atoms with Gasteiger partial charge < -0.3 is 21.7 Å². The van der Waals surface area contributed by atoms with E-state index in [0.717, 1.165) is 6.07 Å². The van der Waals surface area contributed by atoms with Crippen molar-refractivity contribution in [1.82, 2.24) is 24.8 Å². The van der Waals surface area contributed by atoms with Gasteiger partial charge in [-0.1, -0.05) is 17.7 Å². The maximum absolute atomic E-state index is 14.5. The fraction of sp³-hybridized carbons (Fsp3) is 0.167. The van der Waals surface area contributed by atoms with Crippen molar-refractivity contribution in [3.05, 3.63) is 75.3 Å². The molecular formula is C24H21ClFN9O2. The molecule has 5 N–H and O–H groups in total. The Kier molecular flexibility index (Phi) is 7.17. The maximum Gasteiger partial charge on any atom is 0.319 e. The van der Waals surface area contributed by atoms with Crippen molar-refractivity contribution in [3.63, 3.8) is 0 Å². The molecule has 188 valence electrons. The van der Waals surface area contributed by atoms with E-state index in [-0.39, 0.29) is 44.8 Å². The van der Waals surface area contributed by atoms with E-state index in [1.165, 1.54) is 23.0 Å². The lowest BCUT2D eigenvalue weighted by atomic mass is 10.2. The first kappa shape index (κ1) is 25.3. The summed E-state index contributed by atoms with van der Waals surface area (Å²) in [5.74, 6) is -0.358. The minimum absolute atomic E-state index is 0.0116. The standard InChI is InChI=1S/C24H21ClFN9O2/c1-3-29-24(37)34-18-9-13(7-8-16(18)26)35-22(33-17-6-4-5-15(25)19(17)23(35)36)12(2)32-21-14(10-27)20(28)30-11-31-21/h4-9,11-12H,3H2,1-2H3,(H2,29,34,37)(H3,28,30,31,32). The molecule has 0 aliphatic heterocycles. The van der Waals surface area contributed by atoms with Gasteiger partial charge in [0.1, 0.15) is 41.2 Å². The molecule has 0 spiro atoms. The summed E-state index contributed by atoms with van der Waals surface area (Å²) in [6, 6.07) is 9.32. The molecule has 4 aromatic rings. The zero-order chi connectivity index (χ0) is 26.7. The zero-order valence-corrected chi connectivity index (χ0v) is 20.5. The number of amides is 2. The van der Waals surface area contributed by atoms with Gasteiger partial charge in [0.15, 0.2) is 0 Å². The molecule has 2 aromatic heterocycles. The topological polar surface area (TPSA) is 164 Å². The fourth-order valence-corrected chi connectivity index (χ4v) is 3.96. The highest BCUT2D eigenvalue weighted by atomic mass is 35.5. The largest absolute Gasteiger partial charge is 0.382 e. The van der Waals surface area contributed by atoms with Gasteiger partial charge in [-0.3, -0.25) is 9.36 Å². The van der Waals surface area contributed by atoms with Crippen LogP contribution in [0.5, 0.6) is 0 Å². The number of nitrogens with one attached hydrogen (secondary N) is 3. The minimum atomic E-state index is -0.706. The molecule has 0 saturated heterocycles. The van der Waals surface area contributed by atoms with Crippen LogP contribution in [0.4, 0.5) is 26.5 Å². The SMILES string of the molecule is CCNC(=O)Nc1cc(-n2c(C(C)Nc3ncnc(N)c3C#N)nc3cccc(Cl)c3c2=O)ccc1F. The summed E-state index contributed by atoms with van der Waals surface area (Å²) < 4.78 is 15.8. The Morgan fingerprint density at radius 2 is 2.08 bits per heavy atom. The molecule has 0 fully saturated rings. The van der Waals surface area contributed by atoms with Gasteiger partial charge in [-0.25, -0.2) is 24.1 Å². The van der Waals surface area contributed by atoms with Crippen molar-refractivity contribution in [3.8, 4) is 11.8 Å². The Morgan fingerprint density at radius 1 is 1.30 bits per heavy atom. The smallest absolute Gasteiger partial charge is 0.319 e. The summed E-state index contributed by atoms with van der Waals surface area (Å²) in [6.07, 6.45) is 1.20. The van der Waals surface area contributed by atoms with Crippen molar-refractivity contribution < 1.29 is 9.18 Å². The molecule has 2 aromatic carbocycles. The van der Waals surface area contributed by atoms with Crippen LogP contribution >= 0.6 is 11.6 Å². The summed E-state index contributed by atoms with van der Waals surface area (Å²) in [7, 11) is 0. The lowest BCUT2D eigenvalue weighted by Crippen LogP contribution is -2.29. The molecule has 0 radical (unpaired) electrons. The number of benzene rings is 2. The number of hydrogen-bond donors (Lipinski definition) is 4. The van der Waals surface area contributed by atoms with E-state index in [1.54, 1.807) is 32.0 Å². The first-order valence-corrected chi connectivity index (χ1v) is 11.5. The van der Waals surface area contributed by atoms with Gasteiger partial charge in [-0.15, -0.1) is 0 Å². The summed E-state index contributed by atoms with van der Waals surface area (Å²) in [5, 5.41) is 17.8. The van der Waals surface area contributed by atoms with Gasteiger partial charge in [0.25, 0.3) is 5.56 Å². The van der Waals surface area contributed by atoms with Gasteiger partial charge in [0.05, 0.1) is 33.3 Å². The van der Waals surface area contributed by atoms with E-state index in [0.29, 0.717) is 12.1 Å². The first-order chi connectivity index (χ1) is 17.7. The fourth-order valence-electron chi connectivity index (χ4n) is 3.71. The maximum atomic E-state index is 14.5. The van der Waals surface area contributed by atoms with E-state index in [1.807, 2.05) is 6.07 Å². The molecule has 37 heavy (non-hydrogen) atoms. The van der Waals surface area contributed by atoms with Crippen LogP contribution < -0.4 is 27.2 Å². The van der Waals surface area contributed by atoms with Crippen molar-refractivity contribution in [2.75, 3.05) is 22.9 Å². The zero-order valence-electron chi connectivity index (χ0n) is 19.7. The first-order valence-electron chi connectivity index (χ1n) is 11.1. The van der Waals surface area contributed by atoms with E-state index >= 15 is 0 Å². The normalized spacial score (nSPS) is 11.5. The van der Waals surface area contributed by atoms with Crippen molar-refractivity contribution >= 4 is 45.9 Å². The van der Waals surface area contributed by atoms with Crippen molar-refractivity contribution in [2.24, 2.45) is 0 Å². The number of nitrogens with two attached hydrogens (primary N) is 1. The number of fused-ring (bicyclic) bond motifs is 1. The summed E-state index contributed by atoms with van der Waals surface area (Å²) >= 11 is 6.34. The third-order valence-corrected chi connectivity index (χ3v) is 5.71. The average molecular weight is 522 g/mol. The Balaban J connectivity index is 1.91. The molecule has 13 heteroatoms. The molecule has 2 heterocycles. The Bertz CT molecular complexity index is 1620. The number of halogens is 2. The second-order valence-corrected chi connectivity index (χ2v) is 8.26. The Labute approximate surface area is 215 Å². The summed E-state index contributed by atoms with van der Waals surface area (Å²) in [6.45, 7) is 3.76. The molecule has 4 rings (SSSR count). The van der Waals surface area contributed by atoms with Crippen LogP contribution in [0.3, 0.4) is 0 Å². The number of aromatic nitrogens is 4. The number of hydrogen-bond acceptors (Lipinski definition) is 8. The second-order valence-electron chi connectivity index (χ2n) is 7.85. The average Bonchev–Trinajstić information content (AvgIpc) is 2.85. The van der Waals surface area contributed by atoms with Crippen LogP contribution in [0, 0.1) is 17.1 Å². The van der Waals surface area contributed by atoms with Gasteiger partial charge >= 0.3 is 6.03 Å². The number of nitrogen functional groups attached to an aromatic ring is 1. The molecule has 0 aliphatic carbocycles. The minimum Gasteiger partial charge on any atom is -0.382 e. The van der Waals surface area contributed by atoms with Crippen LogP contribution in [-0.2, 0) is 0 Å². The van der Waals surface area contributed by atoms with Gasteiger partial charge in [-0.2, -0.15) is 5.26 Å². The van der Waals surface area contributed by atoms with E-state index in [4.69, 9.17) is 17.3 Å². The molecule has 0 bridgehead atoms. The lowest BCUT2D eigenvalue weighted by molar-refractivity contribution is 0.252. The summed E-state index contributed by atoms with van der Waals surface area (Å²) in [4.78, 5) is 38.3. The van der Waals surface area contributed by atoms with Gasteiger partial charge in [0, 0.05) is 6.54 Å².